The molecule has 5 heteroatoms. The predicted octanol–water partition coefficient (Wildman–Crippen LogP) is 3.97. The molecule has 1 fully saturated rings. The first-order valence-corrected chi connectivity index (χ1v) is 10.6. The van der Waals surface area contributed by atoms with Crippen molar-refractivity contribution in [2.24, 2.45) is 5.92 Å². The normalized spacial score (nSPS) is 17.5. The van der Waals surface area contributed by atoms with Gasteiger partial charge in [-0.2, -0.15) is 0 Å². The molecular formula is C24H30N4O. The van der Waals surface area contributed by atoms with Gasteiger partial charge in [-0.05, 0) is 48.6 Å². The lowest BCUT2D eigenvalue weighted by atomic mass is 9.99. The highest BCUT2D eigenvalue weighted by Crippen LogP contribution is 2.18. The average Bonchev–Trinajstić information content (AvgIpc) is 3.15. The molecule has 1 aromatic heterocycles. The number of aryl methyl sites for hydroxylation is 1. The maximum absolute atomic E-state index is 12.3. The van der Waals surface area contributed by atoms with Crippen LogP contribution >= 0.6 is 0 Å². The number of nitrogens with zero attached hydrogens (tertiary/aromatic N) is 3. The van der Waals surface area contributed by atoms with E-state index in [0.29, 0.717) is 19.5 Å². The van der Waals surface area contributed by atoms with Crippen LogP contribution in [-0.4, -0.2) is 33.4 Å². The number of benzene rings is 2. The van der Waals surface area contributed by atoms with Gasteiger partial charge in [0, 0.05) is 32.6 Å². The quantitative estimate of drug-likeness (QED) is 0.664. The summed E-state index contributed by atoms with van der Waals surface area (Å²) >= 11 is 0. The topological polar surface area (TPSA) is 50.2 Å². The second kappa shape index (κ2) is 9.23. The first-order chi connectivity index (χ1) is 14.2. The molecule has 1 aliphatic heterocycles. The minimum atomic E-state index is 0.0640. The van der Waals surface area contributed by atoms with Crippen LogP contribution in [0.1, 0.15) is 37.3 Å². The minimum Gasteiger partial charge on any atom is -0.352 e. The van der Waals surface area contributed by atoms with E-state index in [-0.39, 0.29) is 5.91 Å². The van der Waals surface area contributed by atoms with Crippen molar-refractivity contribution in [3.8, 4) is 0 Å². The van der Waals surface area contributed by atoms with Crippen molar-refractivity contribution < 1.29 is 4.79 Å². The fourth-order valence-corrected chi connectivity index (χ4v) is 4.15. The summed E-state index contributed by atoms with van der Waals surface area (Å²) in [5, 5.41) is 3.03. The number of rotatable bonds is 7. The molecule has 1 amide bonds. The Balaban J connectivity index is 1.23. The second-order valence-electron chi connectivity index (χ2n) is 8.25. The number of likely N-dealkylation sites (tertiary alicyclic amines) is 1. The Morgan fingerprint density at radius 1 is 1.14 bits per heavy atom. The summed E-state index contributed by atoms with van der Waals surface area (Å²) in [6, 6.07) is 16.6. The lowest BCUT2D eigenvalue weighted by Crippen LogP contribution is -2.33. The average molecular weight is 391 g/mol. The Labute approximate surface area is 172 Å². The molecule has 0 bridgehead atoms. The van der Waals surface area contributed by atoms with Gasteiger partial charge in [0.25, 0.3) is 0 Å². The highest BCUT2D eigenvalue weighted by molar-refractivity contribution is 5.77. The molecule has 1 saturated heterocycles. The van der Waals surface area contributed by atoms with Crippen molar-refractivity contribution in [1.29, 1.82) is 0 Å². The van der Waals surface area contributed by atoms with Crippen molar-refractivity contribution in [2.45, 2.75) is 45.8 Å². The molecule has 4 rings (SSSR count). The Hall–Kier alpha value is -2.66. The molecule has 0 saturated carbocycles. The summed E-state index contributed by atoms with van der Waals surface area (Å²) in [5.74, 6) is 0.868. The van der Waals surface area contributed by atoms with Crippen LogP contribution < -0.4 is 5.32 Å². The molecule has 29 heavy (non-hydrogen) atoms. The van der Waals surface area contributed by atoms with Gasteiger partial charge < -0.3 is 9.88 Å². The Morgan fingerprint density at radius 2 is 1.93 bits per heavy atom. The number of para-hydroxylation sites is 2. The van der Waals surface area contributed by atoms with Crippen molar-refractivity contribution >= 4 is 16.9 Å². The van der Waals surface area contributed by atoms with E-state index in [4.69, 9.17) is 0 Å². The summed E-state index contributed by atoms with van der Waals surface area (Å²) in [4.78, 5) is 19.2. The zero-order valence-electron chi connectivity index (χ0n) is 17.2. The van der Waals surface area contributed by atoms with E-state index in [1.807, 2.05) is 28.8 Å². The molecule has 3 aromatic rings. The van der Waals surface area contributed by atoms with Crippen LogP contribution in [0.15, 0.2) is 54.9 Å². The van der Waals surface area contributed by atoms with Crippen LogP contribution in [0.3, 0.4) is 0 Å². The Bertz CT molecular complexity index is 947. The third-order valence-electron chi connectivity index (χ3n) is 5.77. The van der Waals surface area contributed by atoms with Gasteiger partial charge in [0.15, 0.2) is 0 Å². The summed E-state index contributed by atoms with van der Waals surface area (Å²) in [7, 11) is 0. The van der Waals surface area contributed by atoms with Crippen molar-refractivity contribution in [2.75, 3.05) is 13.1 Å². The molecule has 1 aliphatic rings. The molecule has 5 nitrogen and oxygen atoms in total. The van der Waals surface area contributed by atoms with Gasteiger partial charge in [-0.25, -0.2) is 4.98 Å². The number of hydrogen-bond donors (Lipinski definition) is 1. The predicted molar refractivity (Wildman–Crippen MR) is 116 cm³/mol. The number of piperidine rings is 1. The standard InChI is InChI=1S/C24H30N4O/c1-19-5-4-13-27(16-19)17-21-10-8-20(9-11-21)15-25-24(29)12-14-28-18-26-22-6-2-3-7-23(22)28/h2-3,6-11,18-19H,4-5,12-17H2,1H3,(H,25,29). The number of aromatic nitrogens is 2. The molecule has 1 unspecified atom stereocenters. The van der Waals surface area contributed by atoms with Crippen LogP contribution in [0.4, 0.5) is 0 Å². The van der Waals surface area contributed by atoms with Gasteiger partial charge in [-0.3, -0.25) is 9.69 Å². The van der Waals surface area contributed by atoms with Crippen LogP contribution in [0.5, 0.6) is 0 Å². The van der Waals surface area contributed by atoms with Gasteiger partial charge in [-0.1, -0.05) is 43.3 Å². The monoisotopic (exact) mass is 390 g/mol. The highest BCUT2D eigenvalue weighted by atomic mass is 16.1. The lowest BCUT2D eigenvalue weighted by molar-refractivity contribution is -0.121. The number of carbonyl (C=O) groups excluding carboxylic acids is 1. The molecule has 0 radical (unpaired) electrons. The van der Waals surface area contributed by atoms with E-state index < -0.39 is 0 Å². The van der Waals surface area contributed by atoms with E-state index in [2.05, 4.69) is 46.4 Å². The Morgan fingerprint density at radius 3 is 2.76 bits per heavy atom. The van der Waals surface area contributed by atoms with Crippen LogP contribution in [-0.2, 0) is 24.4 Å². The number of hydrogen-bond acceptors (Lipinski definition) is 3. The molecule has 2 heterocycles. The summed E-state index contributed by atoms with van der Waals surface area (Å²) < 4.78 is 2.03. The van der Waals surface area contributed by atoms with Crippen LogP contribution in [0.2, 0.25) is 0 Å². The summed E-state index contributed by atoms with van der Waals surface area (Å²) in [6.45, 7) is 6.98. The highest BCUT2D eigenvalue weighted by Gasteiger charge is 2.16. The molecule has 2 aromatic carbocycles. The van der Waals surface area contributed by atoms with Crippen molar-refractivity contribution in [1.82, 2.24) is 19.8 Å². The van der Waals surface area contributed by atoms with Gasteiger partial charge in [0.2, 0.25) is 5.91 Å². The maximum Gasteiger partial charge on any atom is 0.222 e. The third-order valence-corrected chi connectivity index (χ3v) is 5.77. The van der Waals surface area contributed by atoms with Gasteiger partial charge >= 0.3 is 0 Å². The molecule has 1 atom stereocenters. The fraction of sp³-hybridized carbons (Fsp3) is 0.417. The largest absolute Gasteiger partial charge is 0.352 e. The lowest BCUT2D eigenvalue weighted by Gasteiger charge is -2.30. The van der Waals surface area contributed by atoms with Gasteiger partial charge in [-0.15, -0.1) is 0 Å². The van der Waals surface area contributed by atoms with E-state index in [0.717, 1.165) is 29.1 Å². The van der Waals surface area contributed by atoms with E-state index in [1.54, 1.807) is 6.33 Å². The summed E-state index contributed by atoms with van der Waals surface area (Å²) in [6.07, 6.45) is 4.91. The summed E-state index contributed by atoms with van der Waals surface area (Å²) in [5.41, 5.74) is 4.52. The number of carbonyl (C=O) groups is 1. The fourth-order valence-electron chi connectivity index (χ4n) is 4.15. The zero-order valence-corrected chi connectivity index (χ0v) is 17.2. The maximum atomic E-state index is 12.3. The van der Waals surface area contributed by atoms with E-state index in [9.17, 15) is 4.79 Å². The SMILES string of the molecule is CC1CCCN(Cc2ccc(CNC(=O)CCn3cnc4ccccc43)cc2)C1. The molecule has 0 aliphatic carbocycles. The number of imidazole rings is 1. The molecule has 152 valence electrons. The smallest absolute Gasteiger partial charge is 0.222 e. The first-order valence-electron chi connectivity index (χ1n) is 10.6. The second-order valence-corrected chi connectivity index (χ2v) is 8.25. The van der Waals surface area contributed by atoms with E-state index in [1.165, 1.54) is 31.5 Å². The zero-order chi connectivity index (χ0) is 20.1. The minimum absolute atomic E-state index is 0.0640. The number of amides is 1. The first kappa shape index (κ1) is 19.6. The number of nitrogens with one attached hydrogen (secondary N) is 1. The molecule has 0 spiro atoms. The van der Waals surface area contributed by atoms with Gasteiger partial charge in [0.1, 0.15) is 0 Å². The molecule has 1 N–H and O–H groups in total. The van der Waals surface area contributed by atoms with Crippen LogP contribution in [0.25, 0.3) is 11.0 Å². The van der Waals surface area contributed by atoms with Crippen LogP contribution in [0, 0.1) is 5.92 Å². The van der Waals surface area contributed by atoms with Crippen molar-refractivity contribution in [3.63, 3.8) is 0 Å². The Kier molecular flexibility index (Phi) is 6.25. The molecular weight excluding hydrogens is 360 g/mol. The third kappa shape index (κ3) is 5.24. The number of fused-ring (bicyclic) bond motifs is 1. The van der Waals surface area contributed by atoms with Crippen molar-refractivity contribution in [3.05, 3.63) is 66.0 Å². The van der Waals surface area contributed by atoms with Gasteiger partial charge in [0.05, 0.1) is 17.4 Å². The van der Waals surface area contributed by atoms with E-state index >= 15 is 0 Å².